The Morgan fingerprint density at radius 3 is 2.81 bits per heavy atom. The number of hydrogen-bond acceptors (Lipinski definition) is 4. The number of halogens is 1. The standard InChI is InChI=1S/C18H22ClN5O2/c1-21-18(22-8-7-13-5-6-16(19)23-10-13)24-11-14-3-2-4-15(9-14)26-12-17(20)25/h2-6,9-10H,7-8,11-12H2,1H3,(H2,20,25)(H2,21,22,24). The number of hydrogen-bond donors (Lipinski definition) is 3. The average Bonchev–Trinajstić information content (AvgIpc) is 2.64. The largest absolute Gasteiger partial charge is 0.484 e. The Balaban J connectivity index is 1.78. The highest BCUT2D eigenvalue weighted by Gasteiger charge is 2.02. The number of pyridine rings is 1. The molecule has 7 nitrogen and oxygen atoms in total. The van der Waals surface area contributed by atoms with Crippen LogP contribution in [0.15, 0.2) is 47.6 Å². The smallest absolute Gasteiger partial charge is 0.255 e. The average molecular weight is 376 g/mol. The third kappa shape index (κ3) is 6.98. The number of nitrogens with one attached hydrogen (secondary N) is 2. The second-order valence-corrected chi connectivity index (χ2v) is 5.88. The second kappa shape index (κ2) is 10.2. The number of ether oxygens (including phenoxy) is 1. The first-order valence-electron chi connectivity index (χ1n) is 8.12. The molecule has 0 saturated carbocycles. The predicted molar refractivity (Wildman–Crippen MR) is 102 cm³/mol. The Labute approximate surface area is 157 Å². The van der Waals surface area contributed by atoms with E-state index >= 15 is 0 Å². The number of aliphatic imine (C=N–C) groups is 1. The van der Waals surface area contributed by atoms with Gasteiger partial charge in [0.2, 0.25) is 0 Å². The summed E-state index contributed by atoms with van der Waals surface area (Å²) in [7, 11) is 1.71. The van der Waals surface area contributed by atoms with E-state index < -0.39 is 5.91 Å². The number of guanidine groups is 1. The van der Waals surface area contributed by atoms with Gasteiger partial charge in [-0.3, -0.25) is 9.79 Å². The van der Waals surface area contributed by atoms with Gasteiger partial charge in [0.25, 0.3) is 5.91 Å². The van der Waals surface area contributed by atoms with Gasteiger partial charge in [0.05, 0.1) is 0 Å². The van der Waals surface area contributed by atoms with Crippen LogP contribution < -0.4 is 21.1 Å². The maximum absolute atomic E-state index is 10.8. The van der Waals surface area contributed by atoms with Crippen LogP contribution in [0, 0.1) is 0 Å². The Morgan fingerprint density at radius 2 is 2.12 bits per heavy atom. The maximum atomic E-state index is 10.8. The molecule has 2 rings (SSSR count). The van der Waals surface area contributed by atoms with E-state index in [4.69, 9.17) is 22.1 Å². The van der Waals surface area contributed by atoms with Gasteiger partial charge in [-0.25, -0.2) is 4.98 Å². The summed E-state index contributed by atoms with van der Waals surface area (Å²) < 4.78 is 5.30. The summed E-state index contributed by atoms with van der Waals surface area (Å²) >= 11 is 5.78. The third-order valence-electron chi connectivity index (χ3n) is 3.46. The number of nitrogens with two attached hydrogens (primary N) is 1. The normalized spacial score (nSPS) is 11.1. The van der Waals surface area contributed by atoms with Gasteiger partial charge < -0.3 is 21.1 Å². The van der Waals surface area contributed by atoms with Crippen LogP contribution in [0.5, 0.6) is 5.75 Å². The molecule has 0 saturated heterocycles. The van der Waals surface area contributed by atoms with Crippen LogP contribution in [0.3, 0.4) is 0 Å². The monoisotopic (exact) mass is 375 g/mol. The molecule has 0 fully saturated rings. The quantitative estimate of drug-likeness (QED) is 0.369. The molecule has 0 unspecified atom stereocenters. The molecule has 8 heteroatoms. The van der Waals surface area contributed by atoms with Gasteiger partial charge in [0, 0.05) is 26.3 Å². The Hall–Kier alpha value is -2.80. The van der Waals surface area contributed by atoms with Crippen LogP contribution in [0.25, 0.3) is 0 Å². The molecule has 26 heavy (non-hydrogen) atoms. The number of benzene rings is 1. The Kier molecular flexibility index (Phi) is 7.70. The van der Waals surface area contributed by atoms with Gasteiger partial charge in [0.1, 0.15) is 10.9 Å². The minimum absolute atomic E-state index is 0.139. The van der Waals surface area contributed by atoms with Crippen molar-refractivity contribution < 1.29 is 9.53 Å². The highest BCUT2D eigenvalue weighted by atomic mass is 35.5. The second-order valence-electron chi connectivity index (χ2n) is 5.49. The van der Waals surface area contributed by atoms with Crippen LogP contribution in [0.2, 0.25) is 5.15 Å². The van der Waals surface area contributed by atoms with E-state index in [1.54, 1.807) is 25.4 Å². The molecule has 1 amide bonds. The van der Waals surface area contributed by atoms with Crippen molar-refractivity contribution in [1.29, 1.82) is 0 Å². The predicted octanol–water partition coefficient (Wildman–Crippen LogP) is 1.51. The van der Waals surface area contributed by atoms with Gasteiger partial charge in [-0.1, -0.05) is 29.8 Å². The molecule has 0 aliphatic heterocycles. The summed E-state index contributed by atoms with van der Waals surface area (Å²) in [5.74, 6) is 0.783. The Morgan fingerprint density at radius 1 is 1.27 bits per heavy atom. The van der Waals surface area contributed by atoms with Crippen LogP contribution in [-0.2, 0) is 17.8 Å². The summed E-state index contributed by atoms with van der Waals surface area (Å²) in [6.07, 6.45) is 2.57. The van der Waals surface area contributed by atoms with Crippen molar-refractivity contribution in [3.8, 4) is 5.75 Å². The van der Waals surface area contributed by atoms with Crippen LogP contribution in [0.1, 0.15) is 11.1 Å². The molecule has 1 aromatic carbocycles. The first kappa shape index (κ1) is 19.5. The lowest BCUT2D eigenvalue weighted by Crippen LogP contribution is -2.37. The summed E-state index contributed by atoms with van der Waals surface area (Å²) in [6, 6.07) is 11.2. The van der Waals surface area contributed by atoms with Crippen molar-refractivity contribution >= 4 is 23.5 Å². The molecule has 1 heterocycles. The first-order valence-corrected chi connectivity index (χ1v) is 8.49. The zero-order chi connectivity index (χ0) is 18.8. The van der Waals surface area contributed by atoms with E-state index in [0.717, 1.165) is 17.5 Å². The summed E-state index contributed by atoms with van der Waals surface area (Å²) in [5.41, 5.74) is 7.17. The van der Waals surface area contributed by atoms with E-state index in [-0.39, 0.29) is 6.61 Å². The number of carbonyl (C=O) groups is 1. The topological polar surface area (TPSA) is 102 Å². The fourth-order valence-corrected chi connectivity index (χ4v) is 2.30. The zero-order valence-electron chi connectivity index (χ0n) is 14.5. The van der Waals surface area contributed by atoms with Gasteiger partial charge >= 0.3 is 0 Å². The van der Waals surface area contributed by atoms with Crippen molar-refractivity contribution in [3.05, 3.63) is 58.9 Å². The van der Waals surface area contributed by atoms with E-state index in [2.05, 4.69) is 20.6 Å². The summed E-state index contributed by atoms with van der Waals surface area (Å²) in [4.78, 5) is 19.0. The summed E-state index contributed by atoms with van der Waals surface area (Å²) in [5, 5.41) is 6.96. The van der Waals surface area contributed by atoms with E-state index in [0.29, 0.717) is 30.0 Å². The first-order chi connectivity index (χ1) is 12.6. The number of carbonyl (C=O) groups excluding carboxylic acids is 1. The van der Waals surface area contributed by atoms with Crippen molar-refractivity contribution in [3.63, 3.8) is 0 Å². The Bertz CT molecular complexity index is 750. The number of amides is 1. The molecule has 1 aromatic heterocycles. The molecular formula is C18H22ClN5O2. The SMILES string of the molecule is CN=C(NCCc1ccc(Cl)nc1)NCc1cccc(OCC(N)=O)c1. The molecule has 2 aromatic rings. The van der Waals surface area contributed by atoms with E-state index in [9.17, 15) is 4.79 Å². The van der Waals surface area contributed by atoms with Gasteiger partial charge in [-0.2, -0.15) is 0 Å². The van der Waals surface area contributed by atoms with Crippen LogP contribution >= 0.6 is 11.6 Å². The van der Waals surface area contributed by atoms with Crippen molar-refractivity contribution in [1.82, 2.24) is 15.6 Å². The van der Waals surface area contributed by atoms with Crippen LogP contribution in [-0.4, -0.2) is 37.1 Å². The number of aromatic nitrogens is 1. The molecule has 0 atom stereocenters. The highest BCUT2D eigenvalue weighted by molar-refractivity contribution is 6.29. The number of rotatable bonds is 8. The molecule has 0 aliphatic rings. The fraction of sp³-hybridized carbons (Fsp3) is 0.278. The summed E-state index contributed by atoms with van der Waals surface area (Å²) in [6.45, 7) is 1.14. The lowest BCUT2D eigenvalue weighted by atomic mass is 10.2. The van der Waals surface area contributed by atoms with Crippen molar-refractivity contribution in [2.75, 3.05) is 20.2 Å². The third-order valence-corrected chi connectivity index (χ3v) is 3.68. The van der Waals surface area contributed by atoms with Gasteiger partial charge in [-0.05, 0) is 35.7 Å². The van der Waals surface area contributed by atoms with E-state index in [1.165, 1.54) is 0 Å². The van der Waals surface area contributed by atoms with Gasteiger partial charge in [0.15, 0.2) is 12.6 Å². The number of primary amides is 1. The fourth-order valence-electron chi connectivity index (χ4n) is 2.19. The molecule has 0 bridgehead atoms. The van der Waals surface area contributed by atoms with Gasteiger partial charge in [-0.15, -0.1) is 0 Å². The van der Waals surface area contributed by atoms with Crippen molar-refractivity contribution in [2.24, 2.45) is 10.7 Å². The minimum Gasteiger partial charge on any atom is -0.484 e. The molecule has 4 N–H and O–H groups in total. The van der Waals surface area contributed by atoms with E-state index in [1.807, 2.05) is 24.3 Å². The highest BCUT2D eigenvalue weighted by Crippen LogP contribution is 2.13. The van der Waals surface area contributed by atoms with Crippen molar-refractivity contribution in [2.45, 2.75) is 13.0 Å². The molecule has 0 spiro atoms. The minimum atomic E-state index is -0.506. The molecule has 0 aliphatic carbocycles. The molecular weight excluding hydrogens is 354 g/mol. The molecule has 0 radical (unpaired) electrons. The number of nitrogens with zero attached hydrogens (tertiary/aromatic N) is 2. The zero-order valence-corrected chi connectivity index (χ0v) is 15.3. The lowest BCUT2D eigenvalue weighted by molar-refractivity contribution is -0.119. The molecule has 138 valence electrons. The van der Waals surface area contributed by atoms with Crippen LogP contribution in [0.4, 0.5) is 0 Å². The maximum Gasteiger partial charge on any atom is 0.255 e. The lowest BCUT2D eigenvalue weighted by Gasteiger charge is -2.12.